The van der Waals surface area contributed by atoms with Gasteiger partial charge in [0.25, 0.3) is 5.91 Å². The summed E-state index contributed by atoms with van der Waals surface area (Å²) in [7, 11) is 0. The molecule has 0 bridgehead atoms. The van der Waals surface area contributed by atoms with E-state index in [1.807, 2.05) is 30.3 Å². The molecule has 3 N–H and O–H groups in total. The molecule has 0 aliphatic rings. The van der Waals surface area contributed by atoms with Crippen molar-refractivity contribution in [2.75, 3.05) is 6.54 Å². The van der Waals surface area contributed by atoms with Gasteiger partial charge < -0.3 is 11.1 Å². The third-order valence-electron chi connectivity index (χ3n) is 2.17. The van der Waals surface area contributed by atoms with Gasteiger partial charge in [-0.05, 0) is 18.6 Å². The molecule has 1 atom stereocenters. The molecular weight excluding hydrogens is 212 g/mol. The highest BCUT2D eigenvalue weighted by Crippen LogP contribution is 1.94. The van der Waals surface area contributed by atoms with Crippen LogP contribution < -0.4 is 11.1 Å². The summed E-state index contributed by atoms with van der Waals surface area (Å²) in [6.45, 7) is 3.99. The first-order valence-corrected chi connectivity index (χ1v) is 5.44. The summed E-state index contributed by atoms with van der Waals surface area (Å²) in [5.74, 6) is 5.01. The monoisotopic (exact) mass is 228 g/mol. The van der Waals surface area contributed by atoms with Crippen LogP contribution in [-0.2, 0) is 4.79 Å². The molecule has 0 fully saturated rings. The van der Waals surface area contributed by atoms with E-state index in [1.54, 1.807) is 6.08 Å². The Hall–Kier alpha value is -2.05. The van der Waals surface area contributed by atoms with Gasteiger partial charge in [0.2, 0.25) is 0 Å². The molecule has 0 radical (unpaired) electrons. The molecule has 1 rings (SSSR count). The van der Waals surface area contributed by atoms with Crippen LogP contribution in [0.15, 0.2) is 43.0 Å². The number of rotatable bonds is 4. The molecule has 0 saturated heterocycles. The standard InChI is InChI=1S/C14H16N2O/c1-2-6-13(11-15)16-14(17)10-9-12-7-4-3-5-8-12/h2-5,7-8,13H,1,6,11,15H2,(H,16,17). The van der Waals surface area contributed by atoms with E-state index in [0.717, 1.165) is 5.56 Å². The van der Waals surface area contributed by atoms with Crippen LogP contribution in [0.25, 0.3) is 0 Å². The first-order valence-electron chi connectivity index (χ1n) is 5.44. The van der Waals surface area contributed by atoms with Crippen LogP contribution in [0.4, 0.5) is 0 Å². The summed E-state index contributed by atoms with van der Waals surface area (Å²) >= 11 is 0. The number of carbonyl (C=O) groups is 1. The lowest BCUT2D eigenvalue weighted by atomic mass is 10.2. The highest BCUT2D eigenvalue weighted by Gasteiger charge is 2.05. The fourth-order valence-electron chi connectivity index (χ4n) is 1.29. The zero-order chi connectivity index (χ0) is 12.5. The van der Waals surface area contributed by atoms with Crippen LogP contribution in [0, 0.1) is 11.8 Å². The fourth-order valence-corrected chi connectivity index (χ4v) is 1.29. The van der Waals surface area contributed by atoms with Crippen molar-refractivity contribution in [3.63, 3.8) is 0 Å². The molecule has 1 amide bonds. The van der Waals surface area contributed by atoms with Crippen molar-refractivity contribution in [3.8, 4) is 11.8 Å². The van der Waals surface area contributed by atoms with Crippen molar-refractivity contribution in [2.45, 2.75) is 12.5 Å². The number of amides is 1. The van der Waals surface area contributed by atoms with Crippen molar-refractivity contribution in [3.05, 3.63) is 48.6 Å². The lowest BCUT2D eigenvalue weighted by molar-refractivity contribution is -0.116. The zero-order valence-corrected chi connectivity index (χ0v) is 9.65. The van der Waals surface area contributed by atoms with Crippen LogP contribution >= 0.6 is 0 Å². The van der Waals surface area contributed by atoms with Gasteiger partial charge in [0.1, 0.15) is 0 Å². The number of carbonyl (C=O) groups excluding carboxylic acids is 1. The first-order chi connectivity index (χ1) is 8.26. The van der Waals surface area contributed by atoms with Gasteiger partial charge in [0.05, 0.1) is 0 Å². The SMILES string of the molecule is C=CCC(CN)NC(=O)C#Cc1ccccc1. The zero-order valence-electron chi connectivity index (χ0n) is 9.65. The second kappa shape index (κ2) is 7.26. The number of nitrogens with one attached hydrogen (secondary N) is 1. The van der Waals surface area contributed by atoms with Crippen molar-refractivity contribution in [2.24, 2.45) is 5.73 Å². The number of benzene rings is 1. The van der Waals surface area contributed by atoms with Gasteiger partial charge in [-0.25, -0.2) is 0 Å². The minimum absolute atomic E-state index is 0.0925. The van der Waals surface area contributed by atoms with E-state index in [0.29, 0.717) is 13.0 Å². The summed E-state index contributed by atoms with van der Waals surface area (Å²) < 4.78 is 0. The van der Waals surface area contributed by atoms with Crippen molar-refractivity contribution in [1.82, 2.24) is 5.32 Å². The Balaban J connectivity index is 2.55. The lowest BCUT2D eigenvalue weighted by Gasteiger charge is -2.11. The third kappa shape index (κ3) is 5.01. The first kappa shape index (κ1) is 13.0. The van der Waals surface area contributed by atoms with Crippen LogP contribution in [0.5, 0.6) is 0 Å². The quantitative estimate of drug-likeness (QED) is 0.598. The van der Waals surface area contributed by atoms with E-state index in [9.17, 15) is 4.79 Å². The van der Waals surface area contributed by atoms with Gasteiger partial charge >= 0.3 is 0 Å². The summed E-state index contributed by atoms with van der Waals surface area (Å²) in [5.41, 5.74) is 6.32. The molecular formula is C14H16N2O. The van der Waals surface area contributed by atoms with Gasteiger partial charge in [0, 0.05) is 24.1 Å². The molecule has 1 aromatic rings. The average molecular weight is 228 g/mol. The van der Waals surface area contributed by atoms with Crippen LogP contribution in [0.1, 0.15) is 12.0 Å². The van der Waals surface area contributed by atoms with Gasteiger partial charge in [0.15, 0.2) is 0 Å². The van der Waals surface area contributed by atoms with Gasteiger partial charge in [-0.1, -0.05) is 30.2 Å². The predicted octanol–water partition coefficient (Wildman–Crippen LogP) is 1.06. The molecule has 0 aliphatic carbocycles. The van der Waals surface area contributed by atoms with E-state index < -0.39 is 0 Å². The maximum atomic E-state index is 11.5. The molecule has 17 heavy (non-hydrogen) atoms. The second-order valence-corrected chi connectivity index (χ2v) is 3.55. The van der Waals surface area contributed by atoms with Crippen LogP contribution in [0.2, 0.25) is 0 Å². The molecule has 1 aromatic carbocycles. The molecule has 0 heterocycles. The highest BCUT2D eigenvalue weighted by atomic mass is 16.1. The summed E-state index contributed by atoms with van der Waals surface area (Å²) in [5, 5.41) is 2.73. The van der Waals surface area contributed by atoms with E-state index in [4.69, 9.17) is 5.73 Å². The van der Waals surface area contributed by atoms with E-state index in [1.165, 1.54) is 0 Å². The largest absolute Gasteiger partial charge is 0.341 e. The Morgan fingerprint density at radius 2 is 2.18 bits per heavy atom. The minimum atomic E-state index is -0.314. The van der Waals surface area contributed by atoms with Crippen LogP contribution in [0.3, 0.4) is 0 Å². The molecule has 0 aliphatic heterocycles. The topological polar surface area (TPSA) is 55.1 Å². The Kier molecular flexibility index (Phi) is 5.56. The summed E-state index contributed by atoms with van der Waals surface area (Å²) in [6.07, 6.45) is 2.37. The maximum Gasteiger partial charge on any atom is 0.296 e. The normalized spacial score (nSPS) is 10.9. The van der Waals surface area contributed by atoms with Crippen LogP contribution in [-0.4, -0.2) is 18.5 Å². The maximum absolute atomic E-state index is 11.5. The highest BCUT2D eigenvalue weighted by molar-refractivity contribution is 5.94. The van der Waals surface area contributed by atoms with Crippen molar-refractivity contribution in [1.29, 1.82) is 0 Å². The predicted molar refractivity (Wildman–Crippen MR) is 69.1 cm³/mol. The fraction of sp³-hybridized carbons (Fsp3) is 0.214. The Morgan fingerprint density at radius 1 is 1.47 bits per heavy atom. The number of hydrogen-bond acceptors (Lipinski definition) is 2. The molecule has 3 nitrogen and oxygen atoms in total. The molecule has 0 saturated carbocycles. The minimum Gasteiger partial charge on any atom is -0.341 e. The molecule has 0 aromatic heterocycles. The summed E-state index contributed by atoms with van der Waals surface area (Å²) in [4.78, 5) is 11.5. The van der Waals surface area contributed by atoms with Crippen molar-refractivity contribution >= 4 is 5.91 Å². The van der Waals surface area contributed by atoms with E-state index in [2.05, 4.69) is 23.7 Å². The Labute approximate surface area is 102 Å². The Bertz CT molecular complexity index is 429. The molecule has 88 valence electrons. The number of hydrogen-bond donors (Lipinski definition) is 2. The van der Waals surface area contributed by atoms with Gasteiger partial charge in [-0.15, -0.1) is 6.58 Å². The van der Waals surface area contributed by atoms with Gasteiger partial charge in [-0.3, -0.25) is 4.79 Å². The Morgan fingerprint density at radius 3 is 2.76 bits per heavy atom. The lowest BCUT2D eigenvalue weighted by Crippen LogP contribution is -2.39. The molecule has 0 spiro atoms. The summed E-state index contributed by atoms with van der Waals surface area (Å²) in [6, 6.07) is 9.27. The second-order valence-electron chi connectivity index (χ2n) is 3.55. The van der Waals surface area contributed by atoms with Gasteiger partial charge in [-0.2, -0.15) is 0 Å². The van der Waals surface area contributed by atoms with E-state index >= 15 is 0 Å². The third-order valence-corrected chi connectivity index (χ3v) is 2.17. The van der Waals surface area contributed by atoms with E-state index in [-0.39, 0.29) is 11.9 Å². The smallest absolute Gasteiger partial charge is 0.296 e. The average Bonchev–Trinajstić information content (AvgIpc) is 2.37. The van der Waals surface area contributed by atoms with Crippen molar-refractivity contribution < 1.29 is 4.79 Å². The molecule has 1 unspecified atom stereocenters. The number of nitrogens with two attached hydrogens (primary N) is 1. The molecule has 3 heteroatoms.